The van der Waals surface area contributed by atoms with Crippen molar-refractivity contribution in [1.82, 2.24) is 9.80 Å². The van der Waals surface area contributed by atoms with Crippen LogP contribution in [0.5, 0.6) is 17.2 Å². The molecule has 1 saturated heterocycles. The van der Waals surface area contributed by atoms with Crippen LogP contribution < -0.4 is 9.47 Å². The minimum absolute atomic E-state index is 0.227. The molecule has 0 spiro atoms. The first-order chi connectivity index (χ1) is 19.2. The minimum Gasteiger partial charge on any atom is -0.494 e. The van der Waals surface area contributed by atoms with Gasteiger partial charge in [0.1, 0.15) is 34.2 Å². The van der Waals surface area contributed by atoms with E-state index in [0.717, 1.165) is 65.6 Å². The first kappa shape index (κ1) is 27.9. The van der Waals surface area contributed by atoms with E-state index in [0.29, 0.717) is 24.7 Å². The Bertz CT molecular complexity index is 1420. The second-order valence-electron chi connectivity index (χ2n) is 10.9. The Kier molecular flexibility index (Phi) is 8.52. The van der Waals surface area contributed by atoms with Crippen molar-refractivity contribution in [3.8, 4) is 28.6 Å². The van der Waals surface area contributed by atoms with Gasteiger partial charge in [0.2, 0.25) is 0 Å². The normalized spacial score (nSPS) is 14.3. The van der Waals surface area contributed by atoms with Gasteiger partial charge in [-0.2, -0.15) is 0 Å². The summed E-state index contributed by atoms with van der Waals surface area (Å²) in [5.74, 6) is 3.07. The summed E-state index contributed by atoms with van der Waals surface area (Å²) in [5, 5.41) is 1.64. The molecule has 1 amide bonds. The molecule has 8 heteroatoms. The largest absolute Gasteiger partial charge is 0.494 e. The van der Waals surface area contributed by atoms with Crippen LogP contribution in [-0.4, -0.2) is 60.8 Å². The highest BCUT2D eigenvalue weighted by atomic mass is 35.5. The molecule has 5 rings (SSSR count). The SMILES string of the molecule is CC(C)(C)OC(=O)N1CCN(CCCOc2ccc(-c3cc4cc(Oc5ccc(Cl)cc5)ccc4o3)cc2)CC1. The monoisotopic (exact) mass is 562 g/mol. The van der Waals surface area contributed by atoms with E-state index in [-0.39, 0.29) is 6.09 Å². The third-order valence-corrected chi connectivity index (χ3v) is 6.84. The van der Waals surface area contributed by atoms with Gasteiger partial charge in [0.25, 0.3) is 0 Å². The summed E-state index contributed by atoms with van der Waals surface area (Å²) in [4.78, 5) is 16.4. The molecule has 4 aromatic rings. The number of benzene rings is 3. The van der Waals surface area contributed by atoms with Crippen molar-refractivity contribution in [2.75, 3.05) is 39.3 Å². The predicted octanol–water partition coefficient (Wildman–Crippen LogP) is 7.87. The van der Waals surface area contributed by atoms with Gasteiger partial charge < -0.3 is 23.5 Å². The van der Waals surface area contributed by atoms with E-state index in [9.17, 15) is 4.79 Å². The molecule has 0 radical (unpaired) electrons. The Morgan fingerprint density at radius 3 is 2.25 bits per heavy atom. The number of nitrogens with zero attached hydrogens (tertiary/aromatic N) is 2. The van der Waals surface area contributed by atoms with Crippen LogP contribution in [-0.2, 0) is 4.74 Å². The van der Waals surface area contributed by atoms with E-state index in [4.69, 9.17) is 30.2 Å². The van der Waals surface area contributed by atoms with Gasteiger partial charge in [-0.15, -0.1) is 0 Å². The summed E-state index contributed by atoms with van der Waals surface area (Å²) >= 11 is 5.96. The highest BCUT2D eigenvalue weighted by Gasteiger charge is 2.25. The first-order valence-corrected chi connectivity index (χ1v) is 14.0. The van der Waals surface area contributed by atoms with Crippen molar-refractivity contribution >= 4 is 28.7 Å². The van der Waals surface area contributed by atoms with E-state index in [2.05, 4.69) is 4.90 Å². The number of hydrogen-bond acceptors (Lipinski definition) is 6. The summed E-state index contributed by atoms with van der Waals surface area (Å²) in [6.45, 7) is 10.3. The molecular formula is C32H35ClN2O5. The summed E-state index contributed by atoms with van der Waals surface area (Å²) in [5.41, 5.74) is 1.31. The smallest absolute Gasteiger partial charge is 0.410 e. The molecular weight excluding hydrogens is 528 g/mol. The van der Waals surface area contributed by atoms with Crippen LogP contribution in [0.25, 0.3) is 22.3 Å². The average molecular weight is 563 g/mol. The second-order valence-corrected chi connectivity index (χ2v) is 11.3. The number of ether oxygens (including phenoxy) is 3. The van der Waals surface area contributed by atoms with E-state index in [1.807, 2.05) is 81.4 Å². The zero-order valence-electron chi connectivity index (χ0n) is 23.2. The molecule has 210 valence electrons. The molecule has 1 aromatic heterocycles. The molecule has 1 aliphatic heterocycles. The lowest BCUT2D eigenvalue weighted by Crippen LogP contribution is -2.50. The Balaban J connectivity index is 1.07. The summed E-state index contributed by atoms with van der Waals surface area (Å²) in [6, 6.07) is 23.0. The summed E-state index contributed by atoms with van der Waals surface area (Å²) in [6.07, 6.45) is 0.688. The third kappa shape index (κ3) is 7.49. The fraction of sp³-hybridized carbons (Fsp3) is 0.344. The molecule has 1 aliphatic rings. The molecule has 0 atom stereocenters. The molecule has 0 N–H and O–H groups in total. The van der Waals surface area contributed by atoms with Crippen molar-refractivity contribution in [2.24, 2.45) is 0 Å². The lowest BCUT2D eigenvalue weighted by atomic mass is 10.1. The highest BCUT2D eigenvalue weighted by Crippen LogP contribution is 2.32. The van der Waals surface area contributed by atoms with Crippen LogP contribution in [0.2, 0.25) is 5.02 Å². The van der Waals surface area contributed by atoms with Crippen molar-refractivity contribution in [2.45, 2.75) is 32.8 Å². The fourth-order valence-electron chi connectivity index (χ4n) is 4.54. The molecule has 0 saturated carbocycles. The molecule has 3 aromatic carbocycles. The molecule has 0 aliphatic carbocycles. The van der Waals surface area contributed by atoms with Gasteiger partial charge in [0.15, 0.2) is 0 Å². The van der Waals surface area contributed by atoms with Crippen molar-refractivity contribution in [1.29, 1.82) is 0 Å². The third-order valence-electron chi connectivity index (χ3n) is 6.59. The van der Waals surface area contributed by atoms with Crippen molar-refractivity contribution < 1.29 is 23.4 Å². The highest BCUT2D eigenvalue weighted by molar-refractivity contribution is 6.30. The van der Waals surface area contributed by atoms with Gasteiger partial charge in [0.05, 0.1) is 6.61 Å². The molecule has 0 bridgehead atoms. The Morgan fingerprint density at radius 2 is 1.55 bits per heavy atom. The predicted molar refractivity (Wildman–Crippen MR) is 158 cm³/mol. The molecule has 1 fully saturated rings. The van der Waals surface area contributed by atoms with Crippen LogP contribution in [0.3, 0.4) is 0 Å². The lowest BCUT2D eigenvalue weighted by Gasteiger charge is -2.35. The fourth-order valence-corrected chi connectivity index (χ4v) is 4.67. The van der Waals surface area contributed by atoms with Gasteiger partial charge in [-0.3, -0.25) is 4.90 Å². The van der Waals surface area contributed by atoms with Crippen LogP contribution in [0.4, 0.5) is 4.79 Å². The van der Waals surface area contributed by atoms with Crippen LogP contribution in [0.15, 0.2) is 77.2 Å². The maximum absolute atomic E-state index is 12.2. The number of furan rings is 1. The van der Waals surface area contributed by atoms with Crippen LogP contribution in [0.1, 0.15) is 27.2 Å². The average Bonchev–Trinajstić information content (AvgIpc) is 3.36. The first-order valence-electron chi connectivity index (χ1n) is 13.6. The van der Waals surface area contributed by atoms with Gasteiger partial charge in [0, 0.05) is 48.7 Å². The quantitative estimate of drug-likeness (QED) is 0.204. The minimum atomic E-state index is -0.464. The molecule has 2 heterocycles. The molecule has 0 unspecified atom stereocenters. The van der Waals surface area contributed by atoms with E-state index >= 15 is 0 Å². The lowest BCUT2D eigenvalue weighted by molar-refractivity contribution is 0.0142. The molecule has 7 nitrogen and oxygen atoms in total. The summed E-state index contributed by atoms with van der Waals surface area (Å²) in [7, 11) is 0. The Labute approximate surface area is 240 Å². The van der Waals surface area contributed by atoms with Gasteiger partial charge in [-0.1, -0.05) is 11.6 Å². The number of fused-ring (bicyclic) bond motifs is 1. The van der Waals surface area contributed by atoms with Crippen molar-refractivity contribution in [3.63, 3.8) is 0 Å². The Morgan fingerprint density at radius 1 is 0.875 bits per heavy atom. The maximum atomic E-state index is 12.2. The van der Waals surface area contributed by atoms with Gasteiger partial charge in [-0.25, -0.2) is 4.79 Å². The maximum Gasteiger partial charge on any atom is 0.410 e. The van der Waals surface area contributed by atoms with E-state index < -0.39 is 5.60 Å². The summed E-state index contributed by atoms with van der Waals surface area (Å²) < 4.78 is 23.5. The van der Waals surface area contributed by atoms with Gasteiger partial charge >= 0.3 is 6.09 Å². The number of hydrogen-bond donors (Lipinski definition) is 0. The number of amides is 1. The number of rotatable bonds is 8. The van der Waals surface area contributed by atoms with Crippen molar-refractivity contribution in [3.05, 3.63) is 77.8 Å². The van der Waals surface area contributed by atoms with Crippen LogP contribution >= 0.6 is 11.6 Å². The zero-order chi connectivity index (χ0) is 28.1. The number of piperazine rings is 1. The standard InChI is InChI=1S/C32H35ClN2O5/c1-32(2,3)40-31(36)35-18-16-34(17-19-35)15-4-20-37-26-9-5-23(6-10-26)30-22-24-21-28(13-14-29(24)39-30)38-27-11-7-25(33)8-12-27/h5-14,21-22H,4,15-20H2,1-3H3. The Hall–Kier alpha value is -3.68. The molecule has 40 heavy (non-hydrogen) atoms. The zero-order valence-corrected chi connectivity index (χ0v) is 23.9. The number of carbonyl (C=O) groups excluding carboxylic acids is 1. The van der Waals surface area contributed by atoms with E-state index in [1.54, 1.807) is 17.0 Å². The number of carbonyl (C=O) groups is 1. The van der Waals surface area contributed by atoms with E-state index in [1.165, 1.54) is 0 Å². The topological polar surface area (TPSA) is 64.4 Å². The van der Waals surface area contributed by atoms with Gasteiger partial charge in [-0.05, 0) is 100.0 Å². The number of halogens is 1. The second kappa shape index (κ2) is 12.2. The van der Waals surface area contributed by atoms with Crippen LogP contribution in [0, 0.1) is 0 Å².